The van der Waals surface area contributed by atoms with Gasteiger partial charge in [-0.1, -0.05) is 30.3 Å². The van der Waals surface area contributed by atoms with Crippen molar-refractivity contribution in [2.75, 3.05) is 13.1 Å². The van der Waals surface area contributed by atoms with Crippen molar-refractivity contribution in [1.29, 1.82) is 0 Å². The van der Waals surface area contributed by atoms with Crippen molar-refractivity contribution in [2.24, 2.45) is 11.8 Å². The zero-order valence-electron chi connectivity index (χ0n) is 14.5. The van der Waals surface area contributed by atoms with E-state index in [9.17, 15) is 9.59 Å². The van der Waals surface area contributed by atoms with Crippen molar-refractivity contribution in [3.05, 3.63) is 35.9 Å². The Labute approximate surface area is 144 Å². The number of hydrogen-bond donors (Lipinski definition) is 1. The van der Waals surface area contributed by atoms with Crippen LogP contribution in [0.4, 0.5) is 0 Å². The average Bonchev–Trinajstić information content (AvgIpc) is 3.41. The van der Waals surface area contributed by atoms with Crippen LogP contribution in [0.25, 0.3) is 0 Å². The topological polar surface area (TPSA) is 49.4 Å². The number of nitrogens with one attached hydrogen (secondary N) is 1. The molecule has 1 aliphatic heterocycles. The Morgan fingerprint density at radius 1 is 1.12 bits per heavy atom. The molecule has 0 unspecified atom stereocenters. The molecule has 2 amide bonds. The summed E-state index contributed by atoms with van der Waals surface area (Å²) in [5, 5.41) is 3.14. The second-order valence-corrected chi connectivity index (χ2v) is 7.38. The Balaban J connectivity index is 1.38. The molecule has 1 aliphatic carbocycles. The third-order valence-electron chi connectivity index (χ3n) is 5.36. The van der Waals surface area contributed by atoms with Crippen LogP contribution in [0.3, 0.4) is 0 Å². The van der Waals surface area contributed by atoms with E-state index in [1.165, 1.54) is 12.8 Å². The monoisotopic (exact) mass is 328 g/mol. The smallest absolute Gasteiger partial charge is 0.226 e. The second-order valence-electron chi connectivity index (χ2n) is 7.38. The van der Waals surface area contributed by atoms with Crippen LogP contribution in [0, 0.1) is 11.8 Å². The summed E-state index contributed by atoms with van der Waals surface area (Å²) in [6.45, 7) is 3.67. The first-order valence-electron chi connectivity index (χ1n) is 9.23. The number of carbonyl (C=O) groups is 2. The highest BCUT2D eigenvalue weighted by molar-refractivity contribution is 5.79. The lowest BCUT2D eigenvalue weighted by atomic mass is 9.92. The summed E-state index contributed by atoms with van der Waals surface area (Å²) in [5.41, 5.74) is 1.07. The van der Waals surface area contributed by atoms with Crippen molar-refractivity contribution >= 4 is 11.8 Å². The number of nitrogens with zero attached hydrogens (tertiary/aromatic N) is 1. The van der Waals surface area contributed by atoms with Gasteiger partial charge in [0.05, 0.1) is 6.42 Å². The van der Waals surface area contributed by atoms with E-state index < -0.39 is 0 Å². The van der Waals surface area contributed by atoms with E-state index in [2.05, 4.69) is 12.2 Å². The lowest BCUT2D eigenvalue weighted by Crippen LogP contribution is -2.41. The Bertz CT molecular complexity index is 560. The quantitative estimate of drug-likeness (QED) is 0.873. The van der Waals surface area contributed by atoms with Gasteiger partial charge in [0.15, 0.2) is 0 Å². The molecule has 2 aliphatic rings. The number of likely N-dealkylation sites (tertiary alicyclic amines) is 1. The van der Waals surface area contributed by atoms with E-state index in [1.54, 1.807) is 0 Å². The van der Waals surface area contributed by atoms with E-state index in [-0.39, 0.29) is 11.8 Å². The number of carbonyl (C=O) groups excluding carboxylic acids is 2. The van der Waals surface area contributed by atoms with Crippen LogP contribution in [0.1, 0.15) is 44.6 Å². The standard InChI is InChI=1S/C20H28N2O2/c1-15(18-7-8-18)21-19(23)13-17-9-11-22(12-10-17)20(24)14-16-5-3-2-4-6-16/h2-6,15,17-18H,7-14H2,1H3,(H,21,23)/t15-/m1/s1. The van der Waals surface area contributed by atoms with Crippen LogP contribution >= 0.6 is 0 Å². The molecule has 0 spiro atoms. The fourth-order valence-corrected chi connectivity index (χ4v) is 3.56. The van der Waals surface area contributed by atoms with Gasteiger partial charge < -0.3 is 10.2 Å². The van der Waals surface area contributed by atoms with Crippen molar-refractivity contribution in [1.82, 2.24) is 10.2 Å². The molecule has 130 valence electrons. The zero-order valence-corrected chi connectivity index (χ0v) is 14.5. The molecule has 24 heavy (non-hydrogen) atoms. The summed E-state index contributed by atoms with van der Waals surface area (Å²) in [4.78, 5) is 26.4. The maximum absolute atomic E-state index is 12.4. The number of amides is 2. The van der Waals surface area contributed by atoms with Crippen LogP contribution in [0.2, 0.25) is 0 Å². The molecule has 1 aromatic rings. The second kappa shape index (κ2) is 7.82. The molecule has 3 rings (SSSR count). The van der Waals surface area contributed by atoms with Gasteiger partial charge in [-0.2, -0.15) is 0 Å². The van der Waals surface area contributed by atoms with Gasteiger partial charge in [0.25, 0.3) is 0 Å². The maximum Gasteiger partial charge on any atom is 0.226 e. The molecule has 1 atom stereocenters. The van der Waals surface area contributed by atoms with Crippen molar-refractivity contribution in [3.63, 3.8) is 0 Å². The molecule has 2 fully saturated rings. The van der Waals surface area contributed by atoms with E-state index >= 15 is 0 Å². The summed E-state index contributed by atoms with van der Waals surface area (Å²) in [6, 6.07) is 10.2. The van der Waals surface area contributed by atoms with Crippen LogP contribution < -0.4 is 5.32 Å². The number of piperidine rings is 1. The first-order valence-corrected chi connectivity index (χ1v) is 9.23. The van der Waals surface area contributed by atoms with Gasteiger partial charge in [0.2, 0.25) is 11.8 Å². The first kappa shape index (κ1) is 17.0. The van der Waals surface area contributed by atoms with Gasteiger partial charge in [-0.3, -0.25) is 9.59 Å². The molecule has 0 bridgehead atoms. The third kappa shape index (κ3) is 4.83. The molecule has 4 heteroatoms. The Kier molecular flexibility index (Phi) is 5.54. The highest BCUT2D eigenvalue weighted by Gasteiger charge is 2.30. The summed E-state index contributed by atoms with van der Waals surface area (Å²) < 4.78 is 0. The zero-order chi connectivity index (χ0) is 16.9. The van der Waals surface area contributed by atoms with Crippen molar-refractivity contribution in [3.8, 4) is 0 Å². The predicted octanol–water partition coefficient (Wildman–Crippen LogP) is 2.77. The highest BCUT2D eigenvalue weighted by atomic mass is 16.2. The number of hydrogen-bond acceptors (Lipinski definition) is 2. The lowest BCUT2D eigenvalue weighted by molar-refractivity contribution is -0.132. The highest BCUT2D eigenvalue weighted by Crippen LogP contribution is 2.32. The molecule has 4 nitrogen and oxygen atoms in total. The van der Waals surface area contributed by atoms with Gasteiger partial charge in [0, 0.05) is 25.6 Å². The Morgan fingerprint density at radius 2 is 1.79 bits per heavy atom. The molecule has 1 saturated heterocycles. The maximum atomic E-state index is 12.4. The molecule has 1 heterocycles. The van der Waals surface area contributed by atoms with E-state index in [0.29, 0.717) is 30.7 Å². The largest absolute Gasteiger partial charge is 0.353 e. The van der Waals surface area contributed by atoms with Crippen LogP contribution in [-0.2, 0) is 16.0 Å². The summed E-state index contributed by atoms with van der Waals surface area (Å²) >= 11 is 0. The molecular formula is C20H28N2O2. The average molecular weight is 328 g/mol. The molecule has 1 N–H and O–H groups in total. The van der Waals surface area contributed by atoms with Crippen LogP contribution in [0.15, 0.2) is 30.3 Å². The van der Waals surface area contributed by atoms with Crippen molar-refractivity contribution in [2.45, 2.75) is 51.5 Å². The minimum atomic E-state index is 0.184. The molecule has 1 aromatic carbocycles. The van der Waals surface area contributed by atoms with E-state index in [0.717, 1.165) is 31.5 Å². The molecule has 0 aromatic heterocycles. The van der Waals surface area contributed by atoms with E-state index in [4.69, 9.17) is 0 Å². The SMILES string of the molecule is C[C@@H](NC(=O)CC1CCN(C(=O)Cc2ccccc2)CC1)C1CC1. The first-order chi connectivity index (χ1) is 11.6. The fraction of sp³-hybridized carbons (Fsp3) is 0.600. The van der Waals surface area contributed by atoms with Gasteiger partial charge in [0.1, 0.15) is 0 Å². The summed E-state index contributed by atoms with van der Waals surface area (Å²) in [6.07, 6.45) is 5.47. The normalized spacial score (nSPS) is 19.8. The minimum absolute atomic E-state index is 0.184. The Morgan fingerprint density at radius 3 is 2.42 bits per heavy atom. The van der Waals surface area contributed by atoms with Crippen molar-refractivity contribution < 1.29 is 9.59 Å². The minimum Gasteiger partial charge on any atom is -0.353 e. The van der Waals surface area contributed by atoms with Gasteiger partial charge in [-0.05, 0) is 50.0 Å². The molecule has 0 radical (unpaired) electrons. The predicted molar refractivity (Wildman–Crippen MR) is 94.4 cm³/mol. The van der Waals surface area contributed by atoms with Gasteiger partial charge in [-0.15, -0.1) is 0 Å². The lowest BCUT2D eigenvalue weighted by Gasteiger charge is -2.32. The molecular weight excluding hydrogens is 300 g/mol. The molecule has 1 saturated carbocycles. The summed E-state index contributed by atoms with van der Waals surface area (Å²) in [5.74, 6) is 1.50. The van der Waals surface area contributed by atoms with Gasteiger partial charge >= 0.3 is 0 Å². The Hall–Kier alpha value is -1.84. The summed E-state index contributed by atoms with van der Waals surface area (Å²) in [7, 11) is 0. The van der Waals surface area contributed by atoms with E-state index in [1.807, 2.05) is 35.2 Å². The van der Waals surface area contributed by atoms with Crippen LogP contribution in [-0.4, -0.2) is 35.8 Å². The number of rotatable bonds is 6. The third-order valence-corrected chi connectivity index (χ3v) is 5.36. The van der Waals surface area contributed by atoms with Crippen LogP contribution in [0.5, 0.6) is 0 Å². The number of benzene rings is 1. The van der Waals surface area contributed by atoms with Gasteiger partial charge in [-0.25, -0.2) is 0 Å². The fourth-order valence-electron chi connectivity index (χ4n) is 3.56.